The van der Waals surface area contributed by atoms with Crippen LogP contribution in [0.25, 0.3) is 0 Å². The van der Waals surface area contributed by atoms with Crippen LogP contribution in [0, 0.1) is 11.6 Å². The van der Waals surface area contributed by atoms with Crippen molar-refractivity contribution in [1.82, 2.24) is 15.2 Å². The van der Waals surface area contributed by atoms with Gasteiger partial charge in [0.2, 0.25) is 5.95 Å². The van der Waals surface area contributed by atoms with Crippen LogP contribution in [0.5, 0.6) is 11.5 Å². The highest BCUT2D eigenvalue weighted by Crippen LogP contribution is 2.30. The Kier molecular flexibility index (Phi) is 5.24. The topological polar surface area (TPSA) is 72.0 Å². The molecule has 144 valence electrons. The maximum atomic E-state index is 13.8. The molecule has 4 rings (SSSR count). The highest BCUT2D eigenvalue weighted by Gasteiger charge is 2.09. The van der Waals surface area contributed by atoms with E-state index in [2.05, 4.69) is 25.8 Å². The van der Waals surface area contributed by atoms with Gasteiger partial charge in [0.25, 0.3) is 0 Å². The third kappa shape index (κ3) is 4.62. The molecule has 0 bridgehead atoms. The molecule has 0 fully saturated rings. The van der Waals surface area contributed by atoms with Crippen LogP contribution in [-0.4, -0.2) is 15.2 Å². The van der Waals surface area contributed by atoms with E-state index in [1.54, 1.807) is 12.1 Å². The standard InChI is InChI=1S/C21H15F2N5O/c22-14-10-11-17(16(23)12-14)25-20-13-24-28-21(27-20)26-18-8-4-5-9-19(18)29-15-6-2-1-3-7-15/h1-13H,(H2,25,26,27,28). The van der Waals surface area contributed by atoms with Gasteiger partial charge >= 0.3 is 0 Å². The molecular formula is C21H15F2N5O. The summed E-state index contributed by atoms with van der Waals surface area (Å²) in [6, 6.07) is 19.9. The summed E-state index contributed by atoms with van der Waals surface area (Å²) in [4.78, 5) is 4.26. The molecule has 8 heteroatoms. The van der Waals surface area contributed by atoms with Gasteiger partial charge in [0, 0.05) is 6.07 Å². The number of hydrogen-bond donors (Lipinski definition) is 2. The fourth-order valence-corrected chi connectivity index (χ4v) is 2.54. The summed E-state index contributed by atoms with van der Waals surface area (Å²) in [5.41, 5.74) is 0.703. The normalized spacial score (nSPS) is 10.4. The van der Waals surface area contributed by atoms with Crippen LogP contribution in [0.1, 0.15) is 0 Å². The largest absolute Gasteiger partial charge is 0.455 e. The molecule has 29 heavy (non-hydrogen) atoms. The summed E-state index contributed by atoms with van der Waals surface area (Å²) >= 11 is 0. The lowest BCUT2D eigenvalue weighted by molar-refractivity contribution is 0.485. The molecule has 3 aromatic carbocycles. The maximum Gasteiger partial charge on any atom is 0.249 e. The van der Waals surface area contributed by atoms with Crippen molar-refractivity contribution < 1.29 is 13.5 Å². The minimum absolute atomic E-state index is 0.0747. The van der Waals surface area contributed by atoms with Crippen molar-refractivity contribution in [2.45, 2.75) is 0 Å². The molecule has 0 amide bonds. The number of ether oxygens (including phenoxy) is 1. The molecule has 0 aliphatic carbocycles. The van der Waals surface area contributed by atoms with Crippen LogP contribution in [0.15, 0.2) is 79.0 Å². The van der Waals surface area contributed by atoms with Gasteiger partial charge in [-0.1, -0.05) is 30.3 Å². The summed E-state index contributed by atoms with van der Waals surface area (Å²) in [5.74, 6) is 0.287. The van der Waals surface area contributed by atoms with Crippen LogP contribution >= 0.6 is 0 Å². The first-order chi connectivity index (χ1) is 14.2. The lowest BCUT2D eigenvalue weighted by atomic mass is 10.3. The van der Waals surface area contributed by atoms with Crippen molar-refractivity contribution in [2.24, 2.45) is 0 Å². The Labute approximate surface area is 165 Å². The molecule has 1 heterocycles. The van der Waals surface area contributed by atoms with E-state index in [1.165, 1.54) is 12.3 Å². The van der Waals surface area contributed by atoms with Crippen molar-refractivity contribution >= 4 is 23.1 Å². The number of nitrogens with zero attached hydrogens (tertiary/aromatic N) is 3. The van der Waals surface area contributed by atoms with Crippen LogP contribution in [0.2, 0.25) is 0 Å². The monoisotopic (exact) mass is 391 g/mol. The second-order valence-electron chi connectivity index (χ2n) is 5.95. The molecule has 0 saturated heterocycles. The molecule has 0 aliphatic heterocycles. The summed E-state index contributed by atoms with van der Waals surface area (Å²) in [6.07, 6.45) is 1.33. The molecular weight excluding hydrogens is 376 g/mol. The van der Waals surface area contributed by atoms with Crippen molar-refractivity contribution in [3.63, 3.8) is 0 Å². The average Bonchev–Trinajstić information content (AvgIpc) is 2.73. The van der Waals surface area contributed by atoms with E-state index < -0.39 is 11.6 Å². The van der Waals surface area contributed by atoms with Gasteiger partial charge in [-0.05, 0) is 36.4 Å². The van der Waals surface area contributed by atoms with Gasteiger partial charge in [-0.2, -0.15) is 10.1 Å². The number of anilines is 4. The van der Waals surface area contributed by atoms with E-state index in [0.717, 1.165) is 12.1 Å². The predicted molar refractivity (Wildman–Crippen MR) is 106 cm³/mol. The van der Waals surface area contributed by atoms with Gasteiger partial charge in [0.05, 0.1) is 17.6 Å². The Morgan fingerprint density at radius 3 is 2.41 bits per heavy atom. The van der Waals surface area contributed by atoms with E-state index >= 15 is 0 Å². The summed E-state index contributed by atoms with van der Waals surface area (Å²) in [7, 11) is 0. The van der Waals surface area contributed by atoms with E-state index in [4.69, 9.17) is 4.74 Å². The van der Waals surface area contributed by atoms with Crippen molar-refractivity contribution in [3.8, 4) is 11.5 Å². The Balaban J connectivity index is 1.54. The third-order valence-corrected chi connectivity index (χ3v) is 3.86. The van der Waals surface area contributed by atoms with E-state index in [9.17, 15) is 8.78 Å². The van der Waals surface area contributed by atoms with Crippen molar-refractivity contribution in [3.05, 3.63) is 90.6 Å². The van der Waals surface area contributed by atoms with Gasteiger partial charge in [0.15, 0.2) is 11.6 Å². The number of para-hydroxylation sites is 3. The highest BCUT2D eigenvalue weighted by molar-refractivity contribution is 5.64. The van der Waals surface area contributed by atoms with Gasteiger partial charge in [0.1, 0.15) is 17.4 Å². The fourth-order valence-electron chi connectivity index (χ4n) is 2.54. The molecule has 4 aromatic rings. The molecule has 1 aromatic heterocycles. The number of aromatic nitrogens is 3. The Bertz CT molecular complexity index is 1120. The Morgan fingerprint density at radius 2 is 1.59 bits per heavy atom. The van der Waals surface area contributed by atoms with Gasteiger partial charge < -0.3 is 15.4 Å². The molecule has 6 nitrogen and oxygen atoms in total. The molecule has 0 saturated carbocycles. The average molecular weight is 391 g/mol. The van der Waals surface area contributed by atoms with E-state index in [0.29, 0.717) is 17.2 Å². The highest BCUT2D eigenvalue weighted by atomic mass is 19.1. The number of nitrogens with one attached hydrogen (secondary N) is 2. The Hall–Kier alpha value is -4.07. The first-order valence-corrected chi connectivity index (χ1v) is 8.68. The lowest BCUT2D eigenvalue weighted by Crippen LogP contribution is -2.04. The van der Waals surface area contributed by atoms with Crippen LogP contribution in [0.3, 0.4) is 0 Å². The number of rotatable bonds is 6. The zero-order valence-corrected chi connectivity index (χ0v) is 15.0. The maximum absolute atomic E-state index is 13.8. The molecule has 0 radical (unpaired) electrons. The number of halogens is 2. The molecule has 2 N–H and O–H groups in total. The van der Waals surface area contributed by atoms with Crippen LogP contribution < -0.4 is 15.4 Å². The Morgan fingerprint density at radius 1 is 0.793 bits per heavy atom. The summed E-state index contributed by atoms with van der Waals surface area (Å²) in [5, 5.41) is 13.6. The number of benzene rings is 3. The zero-order chi connectivity index (χ0) is 20.1. The first kappa shape index (κ1) is 18.3. The number of hydrogen-bond acceptors (Lipinski definition) is 6. The zero-order valence-electron chi connectivity index (χ0n) is 15.0. The minimum atomic E-state index is -0.736. The molecule has 0 spiro atoms. The quantitative estimate of drug-likeness (QED) is 0.457. The SMILES string of the molecule is Fc1ccc(Nc2cnnc(Nc3ccccc3Oc3ccccc3)n2)c(F)c1. The van der Waals surface area contributed by atoms with Crippen LogP contribution in [-0.2, 0) is 0 Å². The summed E-state index contributed by atoms with van der Waals surface area (Å²) in [6.45, 7) is 0. The molecule has 0 atom stereocenters. The van der Waals surface area contributed by atoms with Crippen LogP contribution in [0.4, 0.5) is 31.9 Å². The smallest absolute Gasteiger partial charge is 0.249 e. The molecule has 0 aliphatic rings. The lowest BCUT2D eigenvalue weighted by Gasteiger charge is -2.12. The van der Waals surface area contributed by atoms with E-state index in [1.807, 2.05) is 42.5 Å². The van der Waals surface area contributed by atoms with Gasteiger partial charge in [-0.15, -0.1) is 5.10 Å². The minimum Gasteiger partial charge on any atom is -0.455 e. The second kappa shape index (κ2) is 8.30. The van der Waals surface area contributed by atoms with Gasteiger partial charge in [-0.3, -0.25) is 0 Å². The van der Waals surface area contributed by atoms with Crippen molar-refractivity contribution in [1.29, 1.82) is 0 Å². The third-order valence-electron chi connectivity index (χ3n) is 3.86. The molecule has 0 unspecified atom stereocenters. The second-order valence-corrected chi connectivity index (χ2v) is 5.95. The fraction of sp³-hybridized carbons (Fsp3) is 0. The predicted octanol–water partition coefficient (Wildman–Crippen LogP) is 5.43. The first-order valence-electron chi connectivity index (χ1n) is 8.68. The van der Waals surface area contributed by atoms with Crippen molar-refractivity contribution in [2.75, 3.05) is 10.6 Å². The van der Waals surface area contributed by atoms with Gasteiger partial charge in [-0.25, -0.2) is 8.78 Å². The summed E-state index contributed by atoms with van der Waals surface area (Å²) < 4.78 is 32.8. The van der Waals surface area contributed by atoms with E-state index in [-0.39, 0.29) is 17.5 Å².